The summed E-state index contributed by atoms with van der Waals surface area (Å²) >= 11 is 0. The van der Waals surface area contributed by atoms with E-state index in [1.165, 1.54) is 34.7 Å². The van der Waals surface area contributed by atoms with Gasteiger partial charge in [0.15, 0.2) is 0 Å². The molecule has 43 heavy (non-hydrogen) atoms. The number of carbonyl (C=O) groups excluding carboxylic acids is 3. The van der Waals surface area contributed by atoms with Gasteiger partial charge in [0.25, 0.3) is 5.91 Å². The number of β-amino-alcohol motifs (C(OH)–C–C–N with tert-alkyl or cyclic N) is 1. The van der Waals surface area contributed by atoms with E-state index in [2.05, 4.69) is 33.8 Å². The van der Waals surface area contributed by atoms with E-state index in [1.54, 1.807) is 6.07 Å². The molecule has 4 aromatic rings. The van der Waals surface area contributed by atoms with Crippen LogP contribution in [0.1, 0.15) is 46.6 Å². The molecule has 0 unspecified atom stereocenters. The Balaban J connectivity index is 1.20. The Morgan fingerprint density at radius 3 is 2.63 bits per heavy atom. The van der Waals surface area contributed by atoms with Gasteiger partial charge in [-0.25, -0.2) is 9.37 Å². The number of pyridine rings is 1. The summed E-state index contributed by atoms with van der Waals surface area (Å²) in [6.07, 6.45) is 4.13. The second-order valence-corrected chi connectivity index (χ2v) is 10.6. The SMILES string of the molecule is C[C@H](NC(=O)[C@@H]1C[C@@H](O)CN1C(=O)CNC(=O)c1ccc2cc(F)ccc2n1)c1ccccc1/C=C/Cc1ccccc1. The van der Waals surface area contributed by atoms with E-state index in [0.29, 0.717) is 10.9 Å². The Morgan fingerprint density at radius 2 is 1.81 bits per heavy atom. The molecule has 0 saturated carbocycles. The van der Waals surface area contributed by atoms with Crippen molar-refractivity contribution in [1.82, 2.24) is 20.5 Å². The Morgan fingerprint density at radius 1 is 1.05 bits per heavy atom. The van der Waals surface area contributed by atoms with Crippen LogP contribution < -0.4 is 10.6 Å². The van der Waals surface area contributed by atoms with Crippen LogP contribution in [0.5, 0.6) is 0 Å². The lowest BCUT2D eigenvalue weighted by Gasteiger charge is -2.26. The van der Waals surface area contributed by atoms with Gasteiger partial charge in [-0.1, -0.05) is 72.8 Å². The molecule has 3 atom stereocenters. The quantitative estimate of drug-likeness (QED) is 0.275. The van der Waals surface area contributed by atoms with Crippen LogP contribution in [-0.2, 0) is 16.0 Å². The molecule has 1 aliphatic rings. The molecule has 0 spiro atoms. The number of hydrogen-bond acceptors (Lipinski definition) is 5. The van der Waals surface area contributed by atoms with Crippen LogP contribution in [-0.4, -0.2) is 57.9 Å². The summed E-state index contributed by atoms with van der Waals surface area (Å²) in [4.78, 5) is 44.7. The van der Waals surface area contributed by atoms with Gasteiger partial charge in [-0.3, -0.25) is 14.4 Å². The molecule has 1 aromatic heterocycles. The highest BCUT2D eigenvalue weighted by atomic mass is 19.1. The zero-order chi connectivity index (χ0) is 30.3. The van der Waals surface area contributed by atoms with Crippen molar-refractivity contribution < 1.29 is 23.9 Å². The van der Waals surface area contributed by atoms with Crippen molar-refractivity contribution in [2.24, 2.45) is 0 Å². The fourth-order valence-electron chi connectivity index (χ4n) is 5.29. The van der Waals surface area contributed by atoms with Crippen LogP contribution in [0.2, 0.25) is 0 Å². The molecule has 5 rings (SSSR count). The zero-order valence-corrected chi connectivity index (χ0v) is 23.7. The van der Waals surface area contributed by atoms with E-state index in [0.717, 1.165) is 17.5 Å². The number of nitrogens with zero attached hydrogens (tertiary/aromatic N) is 2. The van der Waals surface area contributed by atoms with Crippen LogP contribution in [0.3, 0.4) is 0 Å². The molecule has 0 bridgehead atoms. The summed E-state index contributed by atoms with van der Waals surface area (Å²) in [6.45, 7) is 1.49. The van der Waals surface area contributed by atoms with Crippen LogP contribution in [0.15, 0.2) is 91.0 Å². The molecule has 1 saturated heterocycles. The van der Waals surface area contributed by atoms with Gasteiger partial charge in [-0.05, 0) is 54.3 Å². The van der Waals surface area contributed by atoms with Gasteiger partial charge in [-0.2, -0.15) is 0 Å². The summed E-state index contributed by atoms with van der Waals surface area (Å²) < 4.78 is 13.4. The lowest BCUT2D eigenvalue weighted by molar-refractivity contribution is -0.138. The molecular formula is C34H33FN4O4. The smallest absolute Gasteiger partial charge is 0.270 e. The van der Waals surface area contributed by atoms with Gasteiger partial charge in [-0.15, -0.1) is 0 Å². The first-order chi connectivity index (χ1) is 20.8. The number of aliphatic hydroxyl groups is 1. The Kier molecular flexibility index (Phi) is 9.22. The average molecular weight is 581 g/mol. The Labute approximate surface area is 249 Å². The molecule has 2 heterocycles. The third-order valence-corrected chi connectivity index (χ3v) is 7.50. The minimum absolute atomic E-state index is 0.0141. The van der Waals surface area contributed by atoms with E-state index < -0.39 is 29.8 Å². The molecule has 220 valence electrons. The van der Waals surface area contributed by atoms with Crippen molar-refractivity contribution in [3.63, 3.8) is 0 Å². The summed E-state index contributed by atoms with van der Waals surface area (Å²) in [7, 11) is 0. The van der Waals surface area contributed by atoms with Crippen molar-refractivity contribution in [1.29, 1.82) is 0 Å². The van der Waals surface area contributed by atoms with Gasteiger partial charge in [0.2, 0.25) is 11.8 Å². The highest BCUT2D eigenvalue weighted by Crippen LogP contribution is 2.23. The van der Waals surface area contributed by atoms with Gasteiger partial charge < -0.3 is 20.6 Å². The molecule has 0 aliphatic carbocycles. The highest BCUT2D eigenvalue weighted by Gasteiger charge is 2.39. The lowest BCUT2D eigenvalue weighted by atomic mass is 10.00. The van der Waals surface area contributed by atoms with Gasteiger partial charge in [0, 0.05) is 18.4 Å². The van der Waals surface area contributed by atoms with E-state index in [1.807, 2.05) is 55.5 Å². The molecule has 8 nitrogen and oxygen atoms in total. The first-order valence-corrected chi connectivity index (χ1v) is 14.2. The van der Waals surface area contributed by atoms with E-state index in [4.69, 9.17) is 0 Å². The number of benzene rings is 3. The number of rotatable bonds is 9. The monoisotopic (exact) mass is 580 g/mol. The molecule has 3 N–H and O–H groups in total. The standard InChI is InChI=1S/C34H33FN4O4/c1-22(28-13-6-5-11-24(28)12-7-10-23-8-3-2-4-9-23)37-34(43)31-19-27(40)21-39(31)32(41)20-36-33(42)30-16-14-25-18-26(35)15-17-29(25)38-30/h2-9,11-18,22,27,31,40H,10,19-21H2,1H3,(H,36,42)(H,37,43)/b12-7+/t22-,27+,31-/m0/s1. The van der Waals surface area contributed by atoms with Crippen LogP contribution in [0.25, 0.3) is 17.0 Å². The predicted octanol–water partition coefficient (Wildman–Crippen LogP) is 4.20. The van der Waals surface area contributed by atoms with Gasteiger partial charge >= 0.3 is 0 Å². The van der Waals surface area contributed by atoms with Crippen molar-refractivity contribution in [2.75, 3.05) is 13.1 Å². The number of nitrogens with one attached hydrogen (secondary N) is 2. The minimum atomic E-state index is -0.878. The fourth-order valence-corrected chi connectivity index (χ4v) is 5.29. The molecule has 9 heteroatoms. The summed E-state index contributed by atoms with van der Waals surface area (Å²) in [6, 6.07) is 23.8. The molecule has 3 aromatic carbocycles. The highest BCUT2D eigenvalue weighted by molar-refractivity contribution is 5.97. The zero-order valence-electron chi connectivity index (χ0n) is 23.7. The second kappa shape index (κ2) is 13.4. The van der Waals surface area contributed by atoms with E-state index in [9.17, 15) is 23.9 Å². The van der Waals surface area contributed by atoms with Crippen molar-refractivity contribution >= 4 is 34.7 Å². The number of carbonyl (C=O) groups is 3. The van der Waals surface area contributed by atoms with E-state index >= 15 is 0 Å². The second-order valence-electron chi connectivity index (χ2n) is 10.6. The summed E-state index contributed by atoms with van der Waals surface area (Å²) in [5.74, 6) is -1.86. The first kappa shape index (κ1) is 29.6. The molecular weight excluding hydrogens is 547 g/mol. The van der Waals surface area contributed by atoms with Crippen molar-refractivity contribution in [2.45, 2.75) is 38.0 Å². The lowest BCUT2D eigenvalue weighted by Crippen LogP contribution is -2.49. The van der Waals surface area contributed by atoms with E-state index in [-0.39, 0.29) is 37.2 Å². The van der Waals surface area contributed by atoms with Crippen molar-refractivity contribution in [3.8, 4) is 0 Å². The number of likely N-dealkylation sites (tertiary alicyclic amines) is 1. The third kappa shape index (κ3) is 7.31. The molecule has 1 fully saturated rings. The maximum atomic E-state index is 13.4. The number of hydrogen-bond donors (Lipinski definition) is 3. The third-order valence-electron chi connectivity index (χ3n) is 7.50. The van der Waals surface area contributed by atoms with Crippen molar-refractivity contribution in [3.05, 3.63) is 119 Å². The number of allylic oxidation sites excluding steroid dienone is 1. The number of aliphatic hydroxyl groups excluding tert-OH is 1. The predicted molar refractivity (Wildman–Crippen MR) is 162 cm³/mol. The minimum Gasteiger partial charge on any atom is -0.391 e. The number of amides is 3. The van der Waals surface area contributed by atoms with Crippen LogP contribution in [0, 0.1) is 5.82 Å². The number of fused-ring (bicyclic) bond motifs is 1. The number of halogens is 1. The topological polar surface area (TPSA) is 112 Å². The largest absolute Gasteiger partial charge is 0.391 e. The summed E-state index contributed by atoms with van der Waals surface area (Å²) in [5, 5.41) is 16.4. The number of aromatic nitrogens is 1. The fraction of sp³-hybridized carbons (Fsp3) is 0.235. The van der Waals surface area contributed by atoms with Crippen LogP contribution >= 0.6 is 0 Å². The van der Waals surface area contributed by atoms with Crippen LogP contribution in [0.4, 0.5) is 4.39 Å². The average Bonchev–Trinajstić information content (AvgIpc) is 3.42. The van der Waals surface area contributed by atoms with Gasteiger partial charge in [0.1, 0.15) is 17.6 Å². The maximum Gasteiger partial charge on any atom is 0.270 e. The normalized spacial score (nSPS) is 17.2. The summed E-state index contributed by atoms with van der Waals surface area (Å²) in [5.41, 5.74) is 3.62. The first-order valence-electron chi connectivity index (χ1n) is 14.2. The molecule has 3 amide bonds. The molecule has 0 radical (unpaired) electrons. The molecule has 1 aliphatic heterocycles. The Bertz CT molecular complexity index is 1660. The van der Waals surface area contributed by atoms with Gasteiger partial charge in [0.05, 0.1) is 24.2 Å². The maximum absolute atomic E-state index is 13.4. The Hall–Kier alpha value is -4.89.